The molecule has 0 bridgehead atoms. The van der Waals surface area contributed by atoms with Gasteiger partial charge in [-0.05, 0) is 31.6 Å². The van der Waals surface area contributed by atoms with E-state index in [1.54, 1.807) is 0 Å². The number of morpholine rings is 1. The topological polar surface area (TPSA) is 38.5 Å². The van der Waals surface area contributed by atoms with Crippen LogP contribution in [0.4, 0.5) is 0 Å². The summed E-state index contributed by atoms with van der Waals surface area (Å²) in [4.78, 5) is 2.66. The van der Waals surface area contributed by atoms with Crippen molar-refractivity contribution in [2.75, 3.05) is 26.2 Å². The minimum atomic E-state index is 0.266. The van der Waals surface area contributed by atoms with Crippen molar-refractivity contribution >= 4 is 0 Å². The lowest BCUT2D eigenvalue weighted by Crippen LogP contribution is -2.59. The number of ether oxygens (including phenoxy) is 1. The molecular formula is C15H30N2O. The Morgan fingerprint density at radius 3 is 2.89 bits per heavy atom. The van der Waals surface area contributed by atoms with Gasteiger partial charge in [0.25, 0.3) is 0 Å². The zero-order valence-electron chi connectivity index (χ0n) is 12.2. The highest BCUT2D eigenvalue weighted by Gasteiger charge is 2.38. The first kappa shape index (κ1) is 14.3. The van der Waals surface area contributed by atoms with Gasteiger partial charge in [0, 0.05) is 25.2 Å². The number of nitrogens with two attached hydrogens (primary N) is 1. The third-order valence-electron chi connectivity index (χ3n) is 5.09. The molecule has 0 aromatic rings. The Bertz CT molecular complexity index is 259. The molecule has 106 valence electrons. The highest BCUT2D eigenvalue weighted by atomic mass is 16.5. The van der Waals surface area contributed by atoms with Crippen LogP contribution in [0, 0.1) is 5.92 Å². The molecule has 1 saturated heterocycles. The average molecular weight is 254 g/mol. The molecule has 0 aromatic carbocycles. The molecule has 1 heterocycles. The molecule has 2 N–H and O–H groups in total. The van der Waals surface area contributed by atoms with Gasteiger partial charge in [0.1, 0.15) is 0 Å². The van der Waals surface area contributed by atoms with Crippen LogP contribution in [0.1, 0.15) is 52.4 Å². The molecule has 3 unspecified atom stereocenters. The molecule has 2 fully saturated rings. The van der Waals surface area contributed by atoms with Crippen molar-refractivity contribution in [3.63, 3.8) is 0 Å². The first-order valence-electron chi connectivity index (χ1n) is 7.77. The fourth-order valence-electron chi connectivity index (χ4n) is 3.61. The molecule has 2 aliphatic rings. The van der Waals surface area contributed by atoms with Crippen LogP contribution in [0.3, 0.4) is 0 Å². The van der Waals surface area contributed by atoms with E-state index in [1.807, 2.05) is 0 Å². The monoisotopic (exact) mass is 254 g/mol. The van der Waals surface area contributed by atoms with E-state index in [-0.39, 0.29) is 5.54 Å². The zero-order valence-corrected chi connectivity index (χ0v) is 12.2. The third-order valence-corrected chi connectivity index (χ3v) is 5.09. The minimum Gasteiger partial charge on any atom is -0.376 e. The van der Waals surface area contributed by atoms with Crippen molar-refractivity contribution in [3.05, 3.63) is 0 Å². The van der Waals surface area contributed by atoms with Crippen LogP contribution in [-0.4, -0.2) is 42.8 Å². The maximum absolute atomic E-state index is 6.19. The van der Waals surface area contributed by atoms with Gasteiger partial charge in [-0.2, -0.15) is 0 Å². The normalized spacial score (nSPS) is 39.5. The summed E-state index contributed by atoms with van der Waals surface area (Å²) in [7, 11) is 0. The van der Waals surface area contributed by atoms with E-state index in [0.29, 0.717) is 6.10 Å². The Labute approximate surface area is 112 Å². The van der Waals surface area contributed by atoms with Gasteiger partial charge in [-0.3, -0.25) is 4.90 Å². The first-order valence-corrected chi connectivity index (χ1v) is 7.77. The predicted molar refractivity (Wildman–Crippen MR) is 75.6 cm³/mol. The largest absolute Gasteiger partial charge is 0.376 e. The molecular weight excluding hydrogens is 224 g/mol. The molecule has 3 heteroatoms. The minimum absolute atomic E-state index is 0.266. The molecule has 1 aliphatic carbocycles. The predicted octanol–water partition coefficient (Wildman–Crippen LogP) is 2.39. The van der Waals surface area contributed by atoms with Gasteiger partial charge in [-0.1, -0.05) is 26.7 Å². The van der Waals surface area contributed by atoms with E-state index in [4.69, 9.17) is 10.5 Å². The van der Waals surface area contributed by atoms with Crippen molar-refractivity contribution in [1.82, 2.24) is 4.90 Å². The van der Waals surface area contributed by atoms with Gasteiger partial charge in [0.2, 0.25) is 0 Å². The molecule has 18 heavy (non-hydrogen) atoms. The van der Waals surface area contributed by atoms with Crippen LogP contribution in [0.15, 0.2) is 0 Å². The third kappa shape index (κ3) is 3.06. The molecule has 3 nitrogen and oxygen atoms in total. The SMILES string of the molecule is CCC1CN(C2(CN)CCCC(C)CC2)CCO1. The maximum atomic E-state index is 6.19. The standard InChI is InChI=1S/C15H30N2O/c1-3-14-11-17(9-10-18-14)15(12-16)7-4-5-13(2)6-8-15/h13-14H,3-12,16H2,1-2H3. The molecule has 1 aliphatic heterocycles. The van der Waals surface area contributed by atoms with Gasteiger partial charge >= 0.3 is 0 Å². The lowest BCUT2D eigenvalue weighted by atomic mass is 9.87. The lowest BCUT2D eigenvalue weighted by molar-refractivity contribution is -0.0731. The van der Waals surface area contributed by atoms with E-state index in [1.165, 1.54) is 32.1 Å². The Morgan fingerprint density at radius 1 is 1.33 bits per heavy atom. The van der Waals surface area contributed by atoms with Crippen molar-refractivity contribution in [2.24, 2.45) is 11.7 Å². The number of hydrogen-bond acceptors (Lipinski definition) is 3. The van der Waals surface area contributed by atoms with E-state index >= 15 is 0 Å². The summed E-state index contributed by atoms with van der Waals surface area (Å²) in [6, 6.07) is 0. The molecule has 0 radical (unpaired) electrons. The Hall–Kier alpha value is -0.120. The van der Waals surface area contributed by atoms with Gasteiger partial charge in [0.15, 0.2) is 0 Å². The quantitative estimate of drug-likeness (QED) is 0.786. The highest BCUT2D eigenvalue weighted by Crippen LogP contribution is 2.35. The summed E-state index contributed by atoms with van der Waals surface area (Å²) in [6.07, 6.45) is 8.16. The first-order chi connectivity index (χ1) is 8.70. The number of rotatable bonds is 3. The maximum Gasteiger partial charge on any atom is 0.0700 e. The molecule has 0 amide bonds. The van der Waals surface area contributed by atoms with Gasteiger partial charge in [0.05, 0.1) is 12.7 Å². The van der Waals surface area contributed by atoms with E-state index < -0.39 is 0 Å². The summed E-state index contributed by atoms with van der Waals surface area (Å²) in [5, 5.41) is 0. The fourth-order valence-corrected chi connectivity index (χ4v) is 3.61. The second kappa shape index (κ2) is 6.36. The Morgan fingerprint density at radius 2 is 2.17 bits per heavy atom. The van der Waals surface area contributed by atoms with Crippen LogP contribution in [0.5, 0.6) is 0 Å². The summed E-state index contributed by atoms with van der Waals surface area (Å²) >= 11 is 0. The molecule has 2 rings (SSSR count). The van der Waals surface area contributed by atoms with Crippen LogP contribution in [0.2, 0.25) is 0 Å². The molecule has 0 spiro atoms. The molecule has 3 atom stereocenters. The lowest BCUT2D eigenvalue weighted by Gasteiger charge is -2.47. The highest BCUT2D eigenvalue weighted by molar-refractivity contribution is 4.95. The van der Waals surface area contributed by atoms with Crippen molar-refractivity contribution in [1.29, 1.82) is 0 Å². The molecule has 1 saturated carbocycles. The average Bonchev–Trinajstić information content (AvgIpc) is 2.61. The Kier molecular flexibility index (Phi) is 5.05. The summed E-state index contributed by atoms with van der Waals surface area (Å²) < 4.78 is 5.81. The van der Waals surface area contributed by atoms with Gasteiger partial charge in [-0.25, -0.2) is 0 Å². The van der Waals surface area contributed by atoms with Gasteiger partial charge in [-0.15, -0.1) is 0 Å². The number of hydrogen-bond donors (Lipinski definition) is 1. The summed E-state index contributed by atoms with van der Waals surface area (Å²) in [5.74, 6) is 0.876. The molecule has 0 aromatic heterocycles. The fraction of sp³-hybridized carbons (Fsp3) is 1.00. The number of nitrogens with zero attached hydrogens (tertiary/aromatic N) is 1. The van der Waals surface area contributed by atoms with Crippen LogP contribution >= 0.6 is 0 Å². The zero-order chi connectivity index (χ0) is 13.0. The van der Waals surface area contributed by atoms with E-state index in [9.17, 15) is 0 Å². The van der Waals surface area contributed by atoms with Crippen LogP contribution in [-0.2, 0) is 4.74 Å². The van der Waals surface area contributed by atoms with Crippen LogP contribution in [0.25, 0.3) is 0 Å². The van der Waals surface area contributed by atoms with Crippen molar-refractivity contribution in [2.45, 2.75) is 64.0 Å². The van der Waals surface area contributed by atoms with Gasteiger partial charge < -0.3 is 10.5 Å². The second-order valence-electron chi connectivity index (χ2n) is 6.31. The second-order valence-corrected chi connectivity index (χ2v) is 6.31. The van der Waals surface area contributed by atoms with Crippen LogP contribution < -0.4 is 5.73 Å². The van der Waals surface area contributed by atoms with Crippen molar-refractivity contribution in [3.8, 4) is 0 Å². The summed E-state index contributed by atoms with van der Waals surface area (Å²) in [5.41, 5.74) is 6.45. The van der Waals surface area contributed by atoms with Crippen molar-refractivity contribution < 1.29 is 4.74 Å². The van der Waals surface area contributed by atoms with E-state index in [2.05, 4.69) is 18.7 Å². The smallest absolute Gasteiger partial charge is 0.0700 e. The summed E-state index contributed by atoms with van der Waals surface area (Å²) in [6.45, 7) is 8.47. The Balaban J connectivity index is 2.05. The van der Waals surface area contributed by atoms with E-state index in [0.717, 1.165) is 38.6 Å².